The summed E-state index contributed by atoms with van der Waals surface area (Å²) >= 11 is 1.20. The second-order valence-corrected chi connectivity index (χ2v) is 6.86. The van der Waals surface area contributed by atoms with Crippen LogP contribution in [0.4, 0.5) is 10.1 Å². The number of hydrogen-bond acceptors (Lipinski definition) is 5. The Balaban J connectivity index is 1.49. The van der Waals surface area contributed by atoms with Gasteiger partial charge >= 0.3 is 0 Å². The van der Waals surface area contributed by atoms with E-state index in [2.05, 4.69) is 20.5 Å². The minimum atomic E-state index is -0.348. The molecule has 3 aromatic rings. The SMILES string of the molecule is Cc1cccc(C)c1OCc1nc(SCC(=O)Nc2ccc(F)cc2)n[nH]1. The van der Waals surface area contributed by atoms with Crippen molar-refractivity contribution in [2.45, 2.75) is 25.6 Å². The van der Waals surface area contributed by atoms with Crippen LogP contribution in [-0.2, 0) is 11.4 Å². The molecule has 0 saturated heterocycles. The molecule has 27 heavy (non-hydrogen) atoms. The molecule has 0 aliphatic rings. The number of H-pyrrole nitrogens is 1. The Morgan fingerprint density at radius 1 is 1.19 bits per heavy atom. The highest BCUT2D eigenvalue weighted by atomic mass is 32.2. The number of rotatable bonds is 7. The van der Waals surface area contributed by atoms with E-state index in [-0.39, 0.29) is 24.1 Å². The molecule has 0 atom stereocenters. The maximum atomic E-state index is 12.9. The van der Waals surface area contributed by atoms with Gasteiger partial charge in [-0.1, -0.05) is 30.0 Å². The first kappa shape index (κ1) is 18.9. The van der Waals surface area contributed by atoms with Crippen molar-refractivity contribution in [2.24, 2.45) is 0 Å². The fourth-order valence-corrected chi connectivity index (χ4v) is 3.05. The molecule has 0 aliphatic carbocycles. The Labute approximate surface area is 160 Å². The molecule has 0 bridgehead atoms. The molecule has 0 saturated carbocycles. The van der Waals surface area contributed by atoms with Crippen LogP contribution in [0.1, 0.15) is 17.0 Å². The normalized spacial score (nSPS) is 10.6. The number of anilines is 1. The highest BCUT2D eigenvalue weighted by Crippen LogP contribution is 2.23. The van der Waals surface area contributed by atoms with Crippen LogP contribution in [0, 0.1) is 19.7 Å². The molecule has 0 fully saturated rings. The summed E-state index contributed by atoms with van der Waals surface area (Å²) in [5.74, 6) is 0.997. The van der Waals surface area contributed by atoms with Crippen molar-refractivity contribution in [1.82, 2.24) is 15.2 Å². The lowest BCUT2D eigenvalue weighted by Crippen LogP contribution is -2.14. The molecule has 0 radical (unpaired) electrons. The fourth-order valence-electron chi connectivity index (χ4n) is 2.43. The molecule has 1 heterocycles. The van der Waals surface area contributed by atoms with Gasteiger partial charge in [0, 0.05) is 5.69 Å². The summed E-state index contributed by atoms with van der Waals surface area (Å²) in [6, 6.07) is 11.6. The van der Waals surface area contributed by atoms with Crippen LogP contribution in [-0.4, -0.2) is 26.8 Å². The van der Waals surface area contributed by atoms with E-state index in [0.29, 0.717) is 16.7 Å². The molecule has 2 aromatic carbocycles. The van der Waals surface area contributed by atoms with Gasteiger partial charge in [0.25, 0.3) is 0 Å². The number of para-hydroxylation sites is 1. The minimum Gasteiger partial charge on any atom is -0.485 e. The van der Waals surface area contributed by atoms with E-state index >= 15 is 0 Å². The molecule has 0 aliphatic heterocycles. The first-order chi connectivity index (χ1) is 13.0. The number of carbonyl (C=O) groups excluding carboxylic acids is 1. The van der Waals surface area contributed by atoms with Crippen LogP contribution in [0.5, 0.6) is 5.75 Å². The number of aromatic nitrogens is 3. The van der Waals surface area contributed by atoms with E-state index in [1.165, 1.54) is 36.0 Å². The fraction of sp³-hybridized carbons (Fsp3) is 0.211. The summed E-state index contributed by atoms with van der Waals surface area (Å²) in [5.41, 5.74) is 2.66. The number of thioether (sulfide) groups is 1. The van der Waals surface area contributed by atoms with Crippen LogP contribution in [0.3, 0.4) is 0 Å². The van der Waals surface area contributed by atoms with Gasteiger partial charge in [-0.05, 0) is 49.2 Å². The lowest BCUT2D eigenvalue weighted by atomic mass is 10.1. The molecule has 0 spiro atoms. The quantitative estimate of drug-likeness (QED) is 0.603. The van der Waals surface area contributed by atoms with Crippen molar-refractivity contribution >= 4 is 23.4 Å². The third kappa shape index (κ3) is 5.30. The van der Waals surface area contributed by atoms with Gasteiger partial charge in [0.1, 0.15) is 18.2 Å². The maximum Gasteiger partial charge on any atom is 0.234 e. The van der Waals surface area contributed by atoms with Gasteiger partial charge in [0.05, 0.1) is 5.75 Å². The largest absolute Gasteiger partial charge is 0.485 e. The lowest BCUT2D eigenvalue weighted by molar-refractivity contribution is -0.113. The predicted octanol–water partition coefficient (Wildman–Crippen LogP) is 3.87. The van der Waals surface area contributed by atoms with Crippen LogP contribution in [0.2, 0.25) is 0 Å². The summed E-state index contributed by atoms with van der Waals surface area (Å²) in [7, 11) is 0. The van der Waals surface area contributed by atoms with E-state index in [9.17, 15) is 9.18 Å². The molecule has 6 nitrogen and oxygen atoms in total. The van der Waals surface area contributed by atoms with Crippen molar-refractivity contribution in [1.29, 1.82) is 0 Å². The predicted molar refractivity (Wildman–Crippen MR) is 102 cm³/mol. The summed E-state index contributed by atoms with van der Waals surface area (Å²) in [6.45, 7) is 4.24. The second-order valence-electron chi connectivity index (χ2n) is 5.92. The molecule has 3 rings (SSSR count). The van der Waals surface area contributed by atoms with E-state index in [1.807, 2.05) is 32.0 Å². The van der Waals surface area contributed by atoms with Gasteiger partial charge in [-0.25, -0.2) is 9.37 Å². The molecule has 140 valence electrons. The number of nitrogens with one attached hydrogen (secondary N) is 2. The Morgan fingerprint density at radius 2 is 1.89 bits per heavy atom. The molecule has 1 aromatic heterocycles. The highest BCUT2D eigenvalue weighted by Gasteiger charge is 2.10. The number of benzene rings is 2. The minimum absolute atomic E-state index is 0.145. The van der Waals surface area contributed by atoms with Gasteiger partial charge in [-0.15, -0.1) is 5.10 Å². The number of amides is 1. The molecule has 1 amide bonds. The van der Waals surface area contributed by atoms with Crippen molar-refractivity contribution in [3.8, 4) is 5.75 Å². The van der Waals surface area contributed by atoms with Crippen LogP contribution < -0.4 is 10.1 Å². The van der Waals surface area contributed by atoms with E-state index < -0.39 is 0 Å². The topological polar surface area (TPSA) is 79.9 Å². The third-order valence-corrected chi connectivity index (χ3v) is 4.58. The second kappa shape index (κ2) is 8.68. The molecular formula is C19H19FN4O2S. The number of aryl methyl sites for hydroxylation is 2. The molecule has 2 N–H and O–H groups in total. The standard InChI is InChI=1S/C19H19FN4O2S/c1-12-4-3-5-13(2)18(12)26-10-16-22-19(24-23-16)27-11-17(25)21-15-8-6-14(20)7-9-15/h3-9H,10-11H2,1-2H3,(H,21,25)(H,22,23,24). The Hall–Kier alpha value is -2.87. The van der Waals surface area contributed by atoms with Crippen molar-refractivity contribution in [3.63, 3.8) is 0 Å². The maximum absolute atomic E-state index is 12.9. The molecular weight excluding hydrogens is 367 g/mol. The molecule has 0 unspecified atom stereocenters. The highest BCUT2D eigenvalue weighted by molar-refractivity contribution is 7.99. The first-order valence-corrected chi connectivity index (χ1v) is 9.28. The number of hydrogen-bond donors (Lipinski definition) is 2. The summed E-state index contributed by atoms with van der Waals surface area (Å²) < 4.78 is 18.7. The third-order valence-electron chi connectivity index (χ3n) is 3.73. The summed E-state index contributed by atoms with van der Waals surface area (Å²) in [4.78, 5) is 16.3. The Morgan fingerprint density at radius 3 is 2.59 bits per heavy atom. The lowest BCUT2D eigenvalue weighted by Gasteiger charge is -2.10. The van der Waals surface area contributed by atoms with Crippen LogP contribution in [0.15, 0.2) is 47.6 Å². The number of nitrogens with zero attached hydrogens (tertiary/aromatic N) is 2. The first-order valence-electron chi connectivity index (χ1n) is 8.30. The number of ether oxygens (including phenoxy) is 1. The average molecular weight is 386 g/mol. The molecule has 8 heteroatoms. The van der Waals surface area contributed by atoms with Gasteiger partial charge in [-0.2, -0.15) is 0 Å². The van der Waals surface area contributed by atoms with E-state index in [4.69, 9.17) is 4.74 Å². The van der Waals surface area contributed by atoms with Gasteiger partial charge < -0.3 is 10.1 Å². The average Bonchev–Trinajstić information content (AvgIpc) is 3.09. The monoisotopic (exact) mass is 386 g/mol. The Kier molecular flexibility index (Phi) is 6.08. The summed E-state index contributed by atoms with van der Waals surface area (Å²) in [5, 5.41) is 10.0. The van der Waals surface area contributed by atoms with E-state index in [1.54, 1.807) is 0 Å². The number of aromatic amines is 1. The number of halogens is 1. The zero-order valence-electron chi connectivity index (χ0n) is 15.0. The zero-order chi connectivity index (χ0) is 19.2. The van der Waals surface area contributed by atoms with Crippen LogP contribution >= 0.6 is 11.8 Å². The number of carbonyl (C=O) groups is 1. The van der Waals surface area contributed by atoms with Gasteiger partial charge in [-0.3, -0.25) is 9.89 Å². The summed E-state index contributed by atoms with van der Waals surface area (Å²) in [6.07, 6.45) is 0. The zero-order valence-corrected chi connectivity index (χ0v) is 15.8. The van der Waals surface area contributed by atoms with Crippen molar-refractivity contribution in [3.05, 3.63) is 65.2 Å². The van der Waals surface area contributed by atoms with E-state index in [0.717, 1.165) is 16.9 Å². The van der Waals surface area contributed by atoms with Crippen molar-refractivity contribution < 1.29 is 13.9 Å². The van der Waals surface area contributed by atoms with Crippen molar-refractivity contribution in [2.75, 3.05) is 11.1 Å². The van der Waals surface area contributed by atoms with Crippen LogP contribution in [0.25, 0.3) is 0 Å². The van der Waals surface area contributed by atoms with Gasteiger partial charge in [0.15, 0.2) is 5.82 Å². The smallest absolute Gasteiger partial charge is 0.234 e. The Bertz CT molecular complexity index is 907. The van der Waals surface area contributed by atoms with Gasteiger partial charge in [0.2, 0.25) is 11.1 Å².